The molecule has 3 rings (SSSR count). The van der Waals surface area contributed by atoms with Crippen LogP contribution in [-0.4, -0.2) is 39.8 Å². The molecule has 0 aliphatic carbocycles. The second-order valence-corrected chi connectivity index (χ2v) is 5.13. The molecule has 0 bridgehead atoms. The third-order valence-corrected chi connectivity index (χ3v) is 3.49. The largest absolute Gasteiger partial charge is 0.496 e. The highest BCUT2D eigenvalue weighted by Crippen LogP contribution is 2.17. The van der Waals surface area contributed by atoms with Crippen molar-refractivity contribution in [1.29, 1.82) is 0 Å². The van der Waals surface area contributed by atoms with Crippen LogP contribution in [0.2, 0.25) is 0 Å². The molecule has 0 aliphatic heterocycles. The first-order valence-electron chi connectivity index (χ1n) is 7.61. The number of para-hydroxylation sites is 1. The number of tetrazole rings is 1. The Kier molecular flexibility index (Phi) is 5.20. The van der Waals surface area contributed by atoms with E-state index in [-0.39, 0.29) is 12.5 Å². The van der Waals surface area contributed by atoms with Gasteiger partial charge in [-0.05, 0) is 40.8 Å². The minimum Gasteiger partial charge on any atom is -0.496 e. The van der Waals surface area contributed by atoms with Gasteiger partial charge in [-0.25, -0.2) is 4.68 Å². The molecule has 0 radical (unpaired) electrons. The summed E-state index contributed by atoms with van der Waals surface area (Å²) in [5.41, 5.74) is 1.71. The molecule has 0 saturated carbocycles. The number of ether oxygens (including phenoxy) is 2. The van der Waals surface area contributed by atoms with Crippen LogP contribution in [0.25, 0.3) is 5.69 Å². The molecule has 1 N–H and O–H groups in total. The highest BCUT2D eigenvalue weighted by atomic mass is 16.5. The first kappa shape index (κ1) is 16.4. The summed E-state index contributed by atoms with van der Waals surface area (Å²) >= 11 is 0. The lowest BCUT2D eigenvalue weighted by Gasteiger charge is -2.10. The fourth-order valence-corrected chi connectivity index (χ4v) is 2.22. The van der Waals surface area contributed by atoms with E-state index in [0.717, 1.165) is 17.0 Å². The van der Waals surface area contributed by atoms with E-state index in [1.807, 2.05) is 24.3 Å². The van der Waals surface area contributed by atoms with Crippen LogP contribution in [0.4, 0.5) is 0 Å². The van der Waals surface area contributed by atoms with Gasteiger partial charge >= 0.3 is 0 Å². The molecule has 1 aromatic heterocycles. The average molecular weight is 339 g/mol. The Morgan fingerprint density at radius 3 is 2.68 bits per heavy atom. The number of benzene rings is 2. The fourth-order valence-electron chi connectivity index (χ4n) is 2.22. The van der Waals surface area contributed by atoms with Crippen molar-refractivity contribution in [3.05, 3.63) is 60.4 Å². The number of hydrogen-bond acceptors (Lipinski definition) is 6. The molecule has 8 heteroatoms. The minimum atomic E-state index is -0.213. The van der Waals surface area contributed by atoms with Crippen LogP contribution in [0.5, 0.6) is 11.5 Å². The van der Waals surface area contributed by atoms with Gasteiger partial charge < -0.3 is 14.8 Å². The van der Waals surface area contributed by atoms with Gasteiger partial charge in [-0.1, -0.05) is 18.2 Å². The van der Waals surface area contributed by atoms with Crippen molar-refractivity contribution in [2.75, 3.05) is 13.7 Å². The van der Waals surface area contributed by atoms with Crippen LogP contribution >= 0.6 is 0 Å². The highest BCUT2D eigenvalue weighted by molar-refractivity contribution is 5.77. The molecule has 8 nitrogen and oxygen atoms in total. The van der Waals surface area contributed by atoms with E-state index in [0.29, 0.717) is 12.3 Å². The molecule has 1 amide bonds. The number of methoxy groups -OCH3 is 1. The van der Waals surface area contributed by atoms with Crippen molar-refractivity contribution < 1.29 is 14.3 Å². The van der Waals surface area contributed by atoms with Crippen LogP contribution in [-0.2, 0) is 11.3 Å². The second-order valence-electron chi connectivity index (χ2n) is 5.13. The van der Waals surface area contributed by atoms with Crippen molar-refractivity contribution in [3.63, 3.8) is 0 Å². The molecular formula is C17H17N5O3. The molecule has 0 saturated heterocycles. The number of carbonyl (C=O) groups is 1. The zero-order valence-corrected chi connectivity index (χ0v) is 13.6. The lowest BCUT2D eigenvalue weighted by atomic mass is 10.2. The molecule has 0 aliphatic rings. The van der Waals surface area contributed by atoms with Crippen molar-refractivity contribution in [2.45, 2.75) is 6.54 Å². The average Bonchev–Trinajstić information content (AvgIpc) is 3.20. The summed E-state index contributed by atoms with van der Waals surface area (Å²) in [6.07, 6.45) is 1.50. The predicted molar refractivity (Wildman–Crippen MR) is 89.5 cm³/mol. The van der Waals surface area contributed by atoms with Gasteiger partial charge in [0.15, 0.2) is 6.61 Å². The van der Waals surface area contributed by atoms with Crippen molar-refractivity contribution in [2.24, 2.45) is 0 Å². The second kappa shape index (κ2) is 7.91. The van der Waals surface area contributed by atoms with Gasteiger partial charge in [0, 0.05) is 12.1 Å². The molecule has 0 atom stereocenters. The number of nitrogens with zero attached hydrogens (tertiary/aromatic N) is 4. The SMILES string of the molecule is COc1ccccc1CNC(=O)COc1ccc(-n2cnnn2)cc1. The molecule has 0 unspecified atom stereocenters. The van der Waals surface area contributed by atoms with Gasteiger partial charge in [-0.3, -0.25) is 4.79 Å². The van der Waals surface area contributed by atoms with Crippen molar-refractivity contribution in [1.82, 2.24) is 25.5 Å². The zero-order chi connectivity index (χ0) is 17.5. The quantitative estimate of drug-likeness (QED) is 0.699. The Hall–Kier alpha value is -3.42. The van der Waals surface area contributed by atoms with Gasteiger partial charge in [-0.15, -0.1) is 5.10 Å². The van der Waals surface area contributed by atoms with Gasteiger partial charge in [-0.2, -0.15) is 0 Å². The van der Waals surface area contributed by atoms with E-state index in [4.69, 9.17) is 9.47 Å². The summed E-state index contributed by atoms with van der Waals surface area (Å²) in [7, 11) is 1.60. The monoisotopic (exact) mass is 339 g/mol. The van der Waals surface area contributed by atoms with E-state index in [2.05, 4.69) is 20.8 Å². The smallest absolute Gasteiger partial charge is 0.258 e. The number of nitrogens with one attached hydrogen (secondary N) is 1. The normalized spacial score (nSPS) is 10.3. The van der Waals surface area contributed by atoms with Crippen LogP contribution in [0, 0.1) is 0 Å². The van der Waals surface area contributed by atoms with Gasteiger partial charge in [0.05, 0.1) is 12.8 Å². The number of rotatable bonds is 7. The summed E-state index contributed by atoms with van der Waals surface area (Å²) in [6.45, 7) is 0.309. The first-order chi connectivity index (χ1) is 12.3. The van der Waals surface area contributed by atoms with E-state index in [9.17, 15) is 4.79 Å². The predicted octanol–water partition coefficient (Wildman–Crippen LogP) is 1.37. The lowest BCUT2D eigenvalue weighted by Crippen LogP contribution is -2.28. The van der Waals surface area contributed by atoms with Gasteiger partial charge in [0.1, 0.15) is 17.8 Å². The molecule has 25 heavy (non-hydrogen) atoms. The van der Waals surface area contributed by atoms with Crippen molar-refractivity contribution >= 4 is 5.91 Å². The van der Waals surface area contributed by atoms with Crippen molar-refractivity contribution in [3.8, 4) is 17.2 Å². The first-order valence-corrected chi connectivity index (χ1v) is 7.61. The summed E-state index contributed by atoms with van der Waals surface area (Å²) in [6, 6.07) is 14.6. The third-order valence-electron chi connectivity index (χ3n) is 3.49. The van der Waals surface area contributed by atoms with E-state index < -0.39 is 0 Å². The Labute approximate surface area is 144 Å². The molecule has 2 aromatic carbocycles. The highest BCUT2D eigenvalue weighted by Gasteiger charge is 2.06. The maximum absolute atomic E-state index is 11.9. The van der Waals surface area contributed by atoms with Crippen LogP contribution in [0.3, 0.4) is 0 Å². The standard InChI is InChI=1S/C17H17N5O3/c1-24-16-5-3-2-4-13(16)10-18-17(23)11-25-15-8-6-14(7-9-15)22-12-19-20-21-22/h2-9,12H,10-11H2,1H3,(H,18,23). The van der Waals surface area contributed by atoms with Crippen LogP contribution in [0.15, 0.2) is 54.9 Å². The summed E-state index contributed by atoms with van der Waals surface area (Å²) in [4.78, 5) is 11.9. The molecule has 1 heterocycles. The zero-order valence-electron chi connectivity index (χ0n) is 13.6. The summed E-state index contributed by atoms with van der Waals surface area (Å²) in [5, 5.41) is 13.8. The molecule has 3 aromatic rings. The number of aromatic nitrogens is 4. The van der Waals surface area contributed by atoms with Crippen LogP contribution < -0.4 is 14.8 Å². The minimum absolute atomic E-state index is 0.0701. The summed E-state index contributed by atoms with van der Waals surface area (Å²) < 4.78 is 12.3. The molecule has 0 spiro atoms. The summed E-state index contributed by atoms with van der Waals surface area (Å²) in [5.74, 6) is 1.11. The van der Waals surface area contributed by atoms with Crippen LogP contribution in [0.1, 0.15) is 5.56 Å². The Morgan fingerprint density at radius 1 is 1.16 bits per heavy atom. The Morgan fingerprint density at radius 2 is 1.96 bits per heavy atom. The number of carbonyl (C=O) groups excluding carboxylic acids is 1. The van der Waals surface area contributed by atoms with Gasteiger partial charge in [0.25, 0.3) is 5.91 Å². The van der Waals surface area contributed by atoms with E-state index >= 15 is 0 Å². The van der Waals surface area contributed by atoms with E-state index in [1.165, 1.54) is 11.0 Å². The van der Waals surface area contributed by atoms with E-state index in [1.54, 1.807) is 31.4 Å². The fraction of sp³-hybridized carbons (Fsp3) is 0.176. The number of amides is 1. The molecule has 128 valence electrons. The maximum atomic E-state index is 11.9. The topological polar surface area (TPSA) is 91.2 Å². The number of hydrogen-bond donors (Lipinski definition) is 1. The molecule has 0 fully saturated rings. The third kappa shape index (κ3) is 4.31. The van der Waals surface area contributed by atoms with Gasteiger partial charge in [0.2, 0.25) is 0 Å². The molecular weight excluding hydrogens is 322 g/mol. The Balaban J connectivity index is 1.49. The maximum Gasteiger partial charge on any atom is 0.258 e. The Bertz CT molecular complexity index is 819. The lowest BCUT2D eigenvalue weighted by molar-refractivity contribution is -0.123.